The van der Waals surface area contributed by atoms with Crippen LogP contribution in [0.2, 0.25) is 0 Å². The van der Waals surface area contributed by atoms with E-state index in [-0.39, 0.29) is 47.5 Å². The van der Waals surface area contributed by atoms with E-state index >= 15 is 0 Å². The number of carboxylic acids is 1. The molecule has 2 aliphatic heterocycles. The lowest BCUT2D eigenvalue weighted by atomic mass is 10.2. The van der Waals surface area contributed by atoms with Gasteiger partial charge in [0.2, 0.25) is 0 Å². The first-order valence-corrected chi connectivity index (χ1v) is 17.1. The molecule has 3 rings (SSSR count). The molecule has 0 radical (unpaired) electrons. The molecular formula is C25H30Br2N2O10S2. The molecule has 41 heavy (non-hydrogen) atoms. The van der Waals surface area contributed by atoms with Crippen LogP contribution < -0.4 is 0 Å². The minimum Gasteiger partial charge on any atom is -0.481 e. The van der Waals surface area contributed by atoms with Gasteiger partial charge in [-0.15, -0.1) is 0 Å². The van der Waals surface area contributed by atoms with Crippen molar-refractivity contribution in [2.24, 2.45) is 0 Å². The average molecular weight is 742 g/mol. The summed E-state index contributed by atoms with van der Waals surface area (Å²) in [5.41, 5.74) is 0.932. The summed E-state index contributed by atoms with van der Waals surface area (Å²) in [6.07, 6.45) is 3.58. The number of amides is 2. The lowest BCUT2D eigenvalue weighted by molar-refractivity contribution is -0.145. The van der Waals surface area contributed by atoms with Gasteiger partial charge < -0.3 is 9.84 Å². The smallest absolute Gasteiger partial charge is 0.306 e. The van der Waals surface area contributed by atoms with Gasteiger partial charge in [0.15, 0.2) is 0 Å². The Morgan fingerprint density at radius 1 is 0.732 bits per heavy atom. The largest absolute Gasteiger partial charge is 0.481 e. The van der Waals surface area contributed by atoms with E-state index in [0.29, 0.717) is 38.5 Å². The summed E-state index contributed by atoms with van der Waals surface area (Å²) in [6.45, 7) is 0.456. The molecule has 1 aromatic carbocycles. The van der Waals surface area contributed by atoms with Crippen molar-refractivity contribution in [3.05, 3.63) is 55.7 Å². The second kappa shape index (κ2) is 16.2. The van der Waals surface area contributed by atoms with E-state index in [1.54, 1.807) is 0 Å². The van der Waals surface area contributed by atoms with E-state index in [2.05, 4.69) is 31.9 Å². The molecule has 0 aromatic heterocycles. The van der Waals surface area contributed by atoms with Crippen molar-refractivity contribution in [2.45, 2.75) is 58.0 Å². The zero-order valence-corrected chi connectivity index (χ0v) is 26.7. The molecule has 16 heteroatoms. The first-order chi connectivity index (χ1) is 19.2. The fourth-order valence-corrected chi connectivity index (χ4v) is 8.12. The molecule has 0 aliphatic carbocycles. The van der Waals surface area contributed by atoms with Crippen LogP contribution in [0.15, 0.2) is 50.1 Å². The van der Waals surface area contributed by atoms with E-state index in [9.17, 15) is 36.0 Å². The first-order valence-electron chi connectivity index (χ1n) is 12.5. The van der Waals surface area contributed by atoms with Gasteiger partial charge in [0, 0.05) is 25.9 Å². The number of unbranched alkanes of at least 4 members (excludes halogenated alkanes) is 4. The Morgan fingerprint density at radius 2 is 1.20 bits per heavy atom. The van der Waals surface area contributed by atoms with Gasteiger partial charge >= 0.3 is 11.9 Å². The minimum atomic E-state index is -3.64. The topological polar surface area (TPSA) is 172 Å². The van der Waals surface area contributed by atoms with Gasteiger partial charge in [0.25, 0.3) is 31.9 Å². The number of esters is 1. The van der Waals surface area contributed by atoms with Crippen LogP contribution in [0.25, 0.3) is 0 Å². The summed E-state index contributed by atoms with van der Waals surface area (Å²) in [5.74, 6) is -2.27. The highest BCUT2D eigenvalue weighted by molar-refractivity contribution is 9.12. The van der Waals surface area contributed by atoms with Crippen LogP contribution in [0.5, 0.6) is 0 Å². The molecule has 0 atom stereocenters. The van der Waals surface area contributed by atoms with Crippen molar-refractivity contribution in [3.8, 4) is 0 Å². The second-order valence-electron chi connectivity index (χ2n) is 8.94. The van der Waals surface area contributed by atoms with Gasteiger partial charge in [0.05, 0.1) is 19.8 Å². The van der Waals surface area contributed by atoms with Crippen molar-refractivity contribution in [3.63, 3.8) is 0 Å². The molecule has 0 spiro atoms. The van der Waals surface area contributed by atoms with E-state index in [0.717, 1.165) is 25.0 Å². The Labute approximate surface area is 255 Å². The van der Waals surface area contributed by atoms with Gasteiger partial charge in [0.1, 0.15) is 6.61 Å². The lowest BCUT2D eigenvalue weighted by Crippen LogP contribution is -2.31. The molecule has 1 N–H and O–H groups in total. The summed E-state index contributed by atoms with van der Waals surface area (Å²) in [4.78, 5) is 45.0. The number of carboxylic acid groups (broad SMARTS) is 1. The van der Waals surface area contributed by atoms with Crippen LogP contribution in [0.1, 0.15) is 56.9 Å². The maximum absolute atomic E-state index is 11.7. The normalized spacial score (nSPS) is 17.0. The summed E-state index contributed by atoms with van der Waals surface area (Å²) >= 11 is 5.80. The number of benzene rings is 1. The number of halogens is 2. The molecule has 1 aromatic rings. The molecule has 0 saturated carbocycles. The Morgan fingerprint density at radius 3 is 1.61 bits per heavy atom. The van der Waals surface area contributed by atoms with Crippen LogP contribution >= 0.6 is 31.9 Å². The highest BCUT2D eigenvalue weighted by Crippen LogP contribution is 2.25. The van der Waals surface area contributed by atoms with Gasteiger partial charge in [-0.25, -0.2) is 25.4 Å². The van der Waals surface area contributed by atoms with Crippen LogP contribution in [0.3, 0.4) is 0 Å². The number of nitrogens with zero attached hydrogens (tertiary/aromatic N) is 2. The van der Waals surface area contributed by atoms with Crippen molar-refractivity contribution in [1.29, 1.82) is 0 Å². The Bertz CT molecular complexity index is 1390. The van der Waals surface area contributed by atoms with Gasteiger partial charge in [-0.3, -0.25) is 19.2 Å². The van der Waals surface area contributed by atoms with Crippen molar-refractivity contribution in [1.82, 2.24) is 8.61 Å². The monoisotopic (exact) mass is 740 g/mol. The maximum Gasteiger partial charge on any atom is 0.306 e. The van der Waals surface area contributed by atoms with Crippen molar-refractivity contribution in [2.75, 3.05) is 13.1 Å². The first kappa shape index (κ1) is 34.6. The van der Waals surface area contributed by atoms with Crippen molar-refractivity contribution < 1.29 is 45.9 Å². The number of hydrogen-bond donors (Lipinski definition) is 1. The number of sulfonamides is 2. The van der Waals surface area contributed by atoms with E-state index < -0.39 is 37.8 Å². The highest BCUT2D eigenvalue weighted by Gasteiger charge is 2.35. The van der Waals surface area contributed by atoms with E-state index in [1.165, 1.54) is 0 Å². The number of carbonyl (C=O) groups excluding carboxylic acids is 3. The zero-order valence-electron chi connectivity index (χ0n) is 21.9. The zero-order chi connectivity index (χ0) is 30.6. The fraction of sp³-hybridized carbons (Fsp3) is 0.440. The minimum absolute atomic E-state index is 0.0306. The number of ether oxygens (including phenoxy) is 1. The Hall–Kier alpha value is -2.56. The van der Waals surface area contributed by atoms with Gasteiger partial charge in [-0.1, -0.05) is 43.2 Å². The molecule has 226 valence electrons. The molecule has 0 saturated heterocycles. The van der Waals surface area contributed by atoms with E-state index in [4.69, 9.17) is 9.84 Å². The van der Waals surface area contributed by atoms with Gasteiger partial charge in [-0.2, -0.15) is 0 Å². The Balaban J connectivity index is 0.000000305. The van der Waals surface area contributed by atoms with Crippen molar-refractivity contribution >= 4 is 75.7 Å². The third kappa shape index (κ3) is 11.3. The average Bonchev–Trinajstić information content (AvgIpc) is 3.22. The molecule has 2 aliphatic rings. The molecule has 2 heterocycles. The number of aliphatic carboxylic acids is 1. The number of rotatable bonds is 14. The third-order valence-corrected chi connectivity index (χ3v) is 10.5. The number of hydrogen-bond acceptors (Lipinski definition) is 9. The maximum atomic E-state index is 11.7. The summed E-state index contributed by atoms with van der Waals surface area (Å²) in [7, 11) is -7.28. The molecule has 0 fully saturated rings. The molecule has 2 amide bonds. The molecule has 0 unspecified atom stereocenters. The molecule has 12 nitrogen and oxygen atoms in total. The van der Waals surface area contributed by atoms with Crippen LogP contribution in [-0.2, 0) is 50.6 Å². The standard InChI is InChI=1S/C16H18BrNO5S.C9H12BrNO5S/c17-14-12-24(21,22)18(16(14)20)10-6-2-5-9-15(19)23-11-13-7-3-1-4-8-13;10-7-6-17(15,16)11(9(7)14)5-3-1-2-4-8(12)13/h1,3-4,7-8,12H,2,5-6,9-11H2;6H,1-5H2,(H,12,13). The third-order valence-electron chi connectivity index (χ3n) is 5.72. The van der Waals surface area contributed by atoms with Crippen LogP contribution in [0.4, 0.5) is 0 Å². The second-order valence-corrected chi connectivity index (χ2v) is 14.1. The van der Waals surface area contributed by atoms with Crippen LogP contribution in [-0.4, -0.2) is 67.4 Å². The predicted molar refractivity (Wildman–Crippen MR) is 156 cm³/mol. The summed E-state index contributed by atoms with van der Waals surface area (Å²) < 4.78 is 53.2. The van der Waals surface area contributed by atoms with E-state index in [1.807, 2.05) is 30.3 Å². The quantitative estimate of drug-likeness (QED) is 0.219. The van der Waals surface area contributed by atoms with Gasteiger partial charge in [-0.05, 0) is 63.1 Å². The highest BCUT2D eigenvalue weighted by atomic mass is 79.9. The van der Waals surface area contributed by atoms with Crippen LogP contribution in [0, 0.1) is 0 Å². The summed E-state index contributed by atoms with van der Waals surface area (Å²) in [5, 5.41) is 10.2. The summed E-state index contributed by atoms with van der Waals surface area (Å²) in [6, 6.07) is 9.42. The lowest BCUT2D eigenvalue weighted by Gasteiger charge is -2.14. The SMILES string of the molecule is O=C(CCCCCN1C(=O)C(Br)=CS1(=O)=O)OCc1ccccc1.O=C(O)CCCCCN1C(=O)C(Br)=CS1(=O)=O. The molecular weight excluding hydrogens is 712 g/mol. The Kier molecular flexibility index (Phi) is 13.7. The predicted octanol–water partition coefficient (Wildman–Crippen LogP) is 3.74. The number of carbonyl (C=O) groups is 4. The fourth-order valence-electron chi connectivity index (χ4n) is 3.64. The molecule has 0 bridgehead atoms.